The SMILES string of the molecule is O/N=C/c1cc(Cl)c(OCc2ccc(Cl)c(Cl)c2)c(Br)c1. The molecule has 0 radical (unpaired) electrons. The van der Waals surface area contributed by atoms with Gasteiger partial charge in [0.1, 0.15) is 6.61 Å². The molecular formula is C14H9BrCl3NO2. The molecule has 110 valence electrons. The maximum Gasteiger partial charge on any atom is 0.152 e. The first-order valence-corrected chi connectivity index (χ1v) is 7.67. The fourth-order valence-electron chi connectivity index (χ4n) is 1.64. The summed E-state index contributed by atoms with van der Waals surface area (Å²) in [5.41, 5.74) is 1.52. The van der Waals surface area contributed by atoms with Crippen molar-refractivity contribution in [2.24, 2.45) is 5.16 Å². The molecule has 0 aliphatic carbocycles. The van der Waals surface area contributed by atoms with Crippen molar-refractivity contribution in [2.75, 3.05) is 0 Å². The van der Waals surface area contributed by atoms with Gasteiger partial charge in [-0.3, -0.25) is 0 Å². The molecule has 0 saturated carbocycles. The fraction of sp³-hybridized carbons (Fsp3) is 0.0714. The van der Waals surface area contributed by atoms with E-state index in [1.807, 2.05) is 6.07 Å². The first-order valence-electron chi connectivity index (χ1n) is 5.74. The normalized spacial score (nSPS) is 11.0. The van der Waals surface area contributed by atoms with Crippen LogP contribution in [0.3, 0.4) is 0 Å². The summed E-state index contributed by atoms with van der Waals surface area (Å²) in [6.45, 7) is 0.294. The second-order valence-corrected chi connectivity index (χ2v) is 6.17. The molecule has 0 aromatic heterocycles. The average molecular weight is 409 g/mol. The molecule has 0 fully saturated rings. The quantitative estimate of drug-likeness (QED) is 0.394. The van der Waals surface area contributed by atoms with Gasteiger partial charge >= 0.3 is 0 Å². The highest BCUT2D eigenvalue weighted by molar-refractivity contribution is 9.10. The van der Waals surface area contributed by atoms with Crippen LogP contribution in [0.2, 0.25) is 15.1 Å². The van der Waals surface area contributed by atoms with Crippen molar-refractivity contribution in [3.63, 3.8) is 0 Å². The van der Waals surface area contributed by atoms with Crippen molar-refractivity contribution >= 4 is 56.9 Å². The van der Waals surface area contributed by atoms with Crippen molar-refractivity contribution in [2.45, 2.75) is 6.61 Å². The molecule has 2 rings (SSSR count). The van der Waals surface area contributed by atoms with E-state index in [0.29, 0.717) is 37.5 Å². The number of nitrogens with zero attached hydrogens (tertiary/aromatic N) is 1. The van der Waals surface area contributed by atoms with Crippen LogP contribution in [-0.2, 0) is 6.61 Å². The molecular weight excluding hydrogens is 400 g/mol. The van der Waals surface area contributed by atoms with Crippen molar-refractivity contribution in [1.82, 2.24) is 0 Å². The van der Waals surface area contributed by atoms with E-state index in [0.717, 1.165) is 5.56 Å². The van der Waals surface area contributed by atoms with Gasteiger partial charge in [-0.25, -0.2) is 0 Å². The first kappa shape index (κ1) is 16.4. The molecule has 0 spiro atoms. The van der Waals surface area contributed by atoms with E-state index < -0.39 is 0 Å². The highest BCUT2D eigenvalue weighted by Crippen LogP contribution is 2.35. The van der Waals surface area contributed by atoms with E-state index in [-0.39, 0.29) is 0 Å². The standard InChI is InChI=1S/C14H9BrCl3NO2/c15-10-3-9(6-19-20)5-13(18)14(10)21-7-8-1-2-11(16)12(17)4-8/h1-6,20H,7H2/b19-6+. The van der Waals surface area contributed by atoms with E-state index in [1.54, 1.807) is 24.3 Å². The van der Waals surface area contributed by atoms with Crippen molar-refractivity contribution in [1.29, 1.82) is 0 Å². The molecule has 0 saturated heterocycles. The molecule has 0 bridgehead atoms. The minimum Gasteiger partial charge on any atom is -0.486 e. The predicted octanol–water partition coefficient (Wildman–Crippen LogP) is 5.80. The Bertz CT molecular complexity index is 669. The van der Waals surface area contributed by atoms with Crippen molar-refractivity contribution in [3.8, 4) is 5.75 Å². The summed E-state index contributed by atoms with van der Waals surface area (Å²) in [6, 6.07) is 8.63. The molecule has 7 heteroatoms. The summed E-state index contributed by atoms with van der Waals surface area (Å²) in [5, 5.41) is 12.8. The van der Waals surface area contributed by atoms with Crippen LogP contribution in [0.25, 0.3) is 0 Å². The highest BCUT2D eigenvalue weighted by atomic mass is 79.9. The Morgan fingerprint density at radius 2 is 1.86 bits per heavy atom. The van der Waals surface area contributed by atoms with E-state index in [2.05, 4.69) is 21.1 Å². The lowest BCUT2D eigenvalue weighted by Crippen LogP contribution is -1.98. The number of rotatable bonds is 4. The summed E-state index contributed by atoms with van der Waals surface area (Å²) in [5.74, 6) is 0.498. The molecule has 0 atom stereocenters. The van der Waals surface area contributed by atoms with Crippen LogP contribution in [0, 0.1) is 0 Å². The Labute approximate surface area is 145 Å². The van der Waals surface area contributed by atoms with Crippen LogP contribution in [-0.4, -0.2) is 11.4 Å². The van der Waals surface area contributed by atoms with Crippen LogP contribution < -0.4 is 4.74 Å². The molecule has 2 aromatic rings. The van der Waals surface area contributed by atoms with Crippen LogP contribution in [0.4, 0.5) is 0 Å². The third-order valence-corrected chi connectivity index (χ3v) is 4.20. The van der Waals surface area contributed by atoms with Crippen molar-refractivity contribution < 1.29 is 9.94 Å². The van der Waals surface area contributed by atoms with Crippen LogP contribution >= 0.6 is 50.7 Å². The number of ether oxygens (including phenoxy) is 1. The van der Waals surface area contributed by atoms with Gasteiger partial charge in [0.2, 0.25) is 0 Å². The molecule has 0 unspecified atom stereocenters. The number of hydrogen-bond donors (Lipinski definition) is 1. The van der Waals surface area contributed by atoms with Gasteiger partial charge in [-0.1, -0.05) is 46.0 Å². The van der Waals surface area contributed by atoms with Gasteiger partial charge in [-0.15, -0.1) is 0 Å². The third-order valence-electron chi connectivity index (χ3n) is 2.59. The van der Waals surface area contributed by atoms with Gasteiger partial charge in [0.25, 0.3) is 0 Å². The third kappa shape index (κ3) is 4.27. The lowest BCUT2D eigenvalue weighted by atomic mass is 10.2. The van der Waals surface area contributed by atoms with E-state index in [1.165, 1.54) is 6.21 Å². The zero-order valence-electron chi connectivity index (χ0n) is 10.5. The van der Waals surface area contributed by atoms with E-state index in [4.69, 9.17) is 44.7 Å². The van der Waals surface area contributed by atoms with Crippen LogP contribution in [0.1, 0.15) is 11.1 Å². The Hall–Kier alpha value is -0.940. The Kier molecular flexibility index (Phi) is 5.76. The first-order chi connectivity index (χ1) is 10.0. The molecule has 3 nitrogen and oxygen atoms in total. The van der Waals surface area contributed by atoms with Crippen molar-refractivity contribution in [3.05, 3.63) is 61.0 Å². The maximum atomic E-state index is 8.53. The van der Waals surface area contributed by atoms with Crippen LogP contribution in [0.15, 0.2) is 40.0 Å². The van der Waals surface area contributed by atoms with Gasteiger partial charge in [0.15, 0.2) is 5.75 Å². The average Bonchev–Trinajstić information content (AvgIpc) is 2.42. The minimum absolute atomic E-state index is 0.294. The van der Waals surface area contributed by atoms with Gasteiger partial charge in [0.05, 0.1) is 25.8 Å². The summed E-state index contributed by atoms with van der Waals surface area (Å²) in [6.07, 6.45) is 1.28. The Balaban J connectivity index is 2.18. The lowest BCUT2D eigenvalue weighted by molar-refractivity contribution is 0.304. The largest absolute Gasteiger partial charge is 0.486 e. The van der Waals surface area contributed by atoms with Gasteiger partial charge in [0, 0.05) is 0 Å². The summed E-state index contributed by atoms with van der Waals surface area (Å²) < 4.78 is 6.35. The highest BCUT2D eigenvalue weighted by Gasteiger charge is 2.10. The van der Waals surface area contributed by atoms with E-state index >= 15 is 0 Å². The Morgan fingerprint density at radius 1 is 1.10 bits per heavy atom. The topological polar surface area (TPSA) is 41.8 Å². The smallest absolute Gasteiger partial charge is 0.152 e. The number of hydrogen-bond acceptors (Lipinski definition) is 3. The summed E-state index contributed by atoms with van der Waals surface area (Å²) >= 11 is 21.3. The zero-order valence-corrected chi connectivity index (χ0v) is 14.3. The number of oxime groups is 1. The fourth-order valence-corrected chi connectivity index (χ4v) is 2.95. The monoisotopic (exact) mass is 407 g/mol. The zero-order chi connectivity index (χ0) is 15.4. The summed E-state index contributed by atoms with van der Waals surface area (Å²) in [7, 11) is 0. The van der Waals surface area contributed by atoms with Gasteiger partial charge < -0.3 is 9.94 Å². The lowest BCUT2D eigenvalue weighted by Gasteiger charge is -2.11. The maximum absolute atomic E-state index is 8.53. The molecule has 0 aliphatic heterocycles. The number of halogens is 4. The van der Waals surface area contributed by atoms with Crippen LogP contribution in [0.5, 0.6) is 5.75 Å². The second kappa shape index (κ2) is 7.36. The van der Waals surface area contributed by atoms with Gasteiger partial charge in [-0.2, -0.15) is 0 Å². The second-order valence-electron chi connectivity index (χ2n) is 4.10. The summed E-state index contributed by atoms with van der Waals surface area (Å²) in [4.78, 5) is 0. The van der Waals surface area contributed by atoms with E-state index in [9.17, 15) is 0 Å². The van der Waals surface area contributed by atoms with Gasteiger partial charge in [-0.05, 0) is 51.3 Å². The molecule has 1 N–H and O–H groups in total. The molecule has 2 aromatic carbocycles. The Morgan fingerprint density at radius 3 is 2.48 bits per heavy atom. The molecule has 0 amide bonds. The molecule has 0 heterocycles. The molecule has 0 aliphatic rings. The molecule has 21 heavy (non-hydrogen) atoms. The predicted molar refractivity (Wildman–Crippen MR) is 89.3 cm³/mol. The minimum atomic E-state index is 0.294. The number of benzene rings is 2.